The van der Waals surface area contributed by atoms with Crippen LogP contribution in [-0.4, -0.2) is 31.2 Å². The minimum absolute atomic E-state index is 0.104. The van der Waals surface area contributed by atoms with Gasteiger partial charge >= 0.3 is 0 Å². The summed E-state index contributed by atoms with van der Waals surface area (Å²) in [5, 5.41) is 3.01. The quantitative estimate of drug-likeness (QED) is 0.876. The summed E-state index contributed by atoms with van der Waals surface area (Å²) in [4.78, 5) is 12.5. The Hall–Kier alpha value is -2.25. The van der Waals surface area contributed by atoms with Crippen LogP contribution >= 0.6 is 0 Å². The number of hydrogen-bond donors (Lipinski definition) is 1. The number of aryl methyl sites for hydroxylation is 1. The van der Waals surface area contributed by atoms with Crippen molar-refractivity contribution in [2.75, 3.05) is 6.54 Å². The van der Waals surface area contributed by atoms with Crippen molar-refractivity contribution in [1.29, 1.82) is 0 Å². The third-order valence-corrected chi connectivity index (χ3v) is 7.32. The second-order valence-corrected chi connectivity index (χ2v) is 8.86. The number of sulfonamides is 1. The minimum atomic E-state index is -4.06. The van der Waals surface area contributed by atoms with Gasteiger partial charge < -0.3 is 5.32 Å². The Morgan fingerprint density at radius 3 is 2.63 bits per heavy atom. The lowest BCUT2D eigenvalue weighted by molar-refractivity contribution is -0.125. The van der Waals surface area contributed by atoms with Gasteiger partial charge in [-0.25, -0.2) is 12.8 Å². The number of nitrogens with one attached hydrogen (secondary N) is 1. The van der Waals surface area contributed by atoms with E-state index in [1.165, 1.54) is 23.8 Å². The van der Waals surface area contributed by atoms with Gasteiger partial charge in [-0.1, -0.05) is 36.4 Å². The molecule has 2 aromatic rings. The molecular weight excluding hydrogens is 367 g/mol. The summed E-state index contributed by atoms with van der Waals surface area (Å²) in [6.07, 6.45) is 2.71. The lowest BCUT2D eigenvalue weighted by atomic mass is 10.1. The summed E-state index contributed by atoms with van der Waals surface area (Å²) < 4.78 is 41.0. The van der Waals surface area contributed by atoms with Gasteiger partial charge in [-0.15, -0.1) is 0 Å². The van der Waals surface area contributed by atoms with E-state index in [4.69, 9.17) is 0 Å². The number of carbonyl (C=O) groups excluding carboxylic acids is 1. The fraction of sp³-hybridized carbons (Fsp3) is 0.350. The second-order valence-electron chi connectivity index (χ2n) is 7.00. The van der Waals surface area contributed by atoms with E-state index < -0.39 is 21.9 Å². The van der Waals surface area contributed by atoms with Crippen molar-refractivity contribution in [3.8, 4) is 0 Å². The minimum Gasteiger partial charge on any atom is -0.348 e. The number of halogens is 1. The molecule has 1 N–H and O–H groups in total. The van der Waals surface area contributed by atoms with Crippen LogP contribution in [0.3, 0.4) is 0 Å². The van der Waals surface area contributed by atoms with Crippen molar-refractivity contribution in [2.45, 2.75) is 42.7 Å². The molecule has 1 amide bonds. The molecule has 1 aliphatic carbocycles. The third-order valence-electron chi connectivity index (χ3n) is 5.38. The van der Waals surface area contributed by atoms with Crippen molar-refractivity contribution < 1.29 is 17.6 Å². The largest absolute Gasteiger partial charge is 0.348 e. The van der Waals surface area contributed by atoms with Gasteiger partial charge in [0.15, 0.2) is 0 Å². The topological polar surface area (TPSA) is 66.5 Å². The van der Waals surface area contributed by atoms with Gasteiger partial charge in [-0.3, -0.25) is 4.79 Å². The Bertz CT molecular complexity index is 977. The maximum absolute atomic E-state index is 14.1. The first-order valence-electron chi connectivity index (χ1n) is 9.13. The summed E-state index contributed by atoms with van der Waals surface area (Å²) in [6.45, 7) is 0.218. The molecular formula is C20H21FN2O3S. The van der Waals surface area contributed by atoms with Gasteiger partial charge in [0, 0.05) is 6.54 Å². The lowest BCUT2D eigenvalue weighted by Crippen LogP contribution is -2.46. The highest BCUT2D eigenvalue weighted by Gasteiger charge is 2.41. The van der Waals surface area contributed by atoms with Gasteiger partial charge in [-0.05, 0) is 48.9 Å². The first kappa shape index (κ1) is 18.1. The van der Waals surface area contributed by atoms with Crippen LogP contribution < -0.4 is 5.32 Å². The maximum atomic E-state index is 14.1. The molecule has 142 valence electrons. The smallest absolute Gasteiger partial charge is 0.246 e. The highest BCUT2D eigenvalue weighted by Crippen LogP contribution is 2.32. The molecule has 2 aliphatic rings. The van der Waals surface area contributed by atoms with Gasteiger partial charge in [-0.2, -0.15) is 4.31 Å². The van der Waals surface area contributed by atoms with E-state index in [1.54, 1.807) is 0 Å². The van der Waals surface area contributed by atoms with Crippen LogP contribution in [0.1, 0.15) is 36.4 Å². The summed E-state index contributed by atoms with van der Waals surface area (Å²) in [5.41, 5.74) is 2.30. The van der Waals surface area contributed by atoms with E-state index in [2.05, 4.69) is 5.32 Å². The number of rotatable bonds is 4. The fourth-order valence-electron chi connectivity index (χ4n) is 4.05. The molecule has 1 fully saturated rings. The van der Waals surface area contributed by atoms with E-state index in [0.29, 0.717) is 12.8 Å². The zero-order valence-corrected chi connectivity index (χ0v) is 15.6. The molecule has 2 atom stereocenters. The number of hydrogen-bond acceptors (Lipinski definition) is 3. The average Bonchev–Trinajstić information content (AvgIpc) is 3.30. The number of benzene rings is 2. The molecule has 0 aromatic heterocycles. The van der Waals surface area contributed by atoms with E-state index >= 15 is 0 Å². The molecule has 0 bridgehead atoms. The Kier molecular flexibility index (Phi) is 4.74. The lowest BCUT2D eigenvalue weighted by Gasteiger charge is -2.25. The molecule has 1 aliphatic heterocycles. The summed E-state index contributed by atoms with van der Waals surface area (Å²) in [7, 11) is -4.06. The van der Waals surface area contributed by atoms with E-state index in [9.17, 15) is 17.6 Å². The molecule has 5 nitrogen and oxygen atoms in total. The Labute approximate surface area is 158 Å². The highest BCUT2D eigenvalue weighted by molar-refractivity contribution is 7.89. The van der Waals surface area contributed by atoms with Crippen molar-refractivity contribution in [2.24, 2.45) is 0 Å². The standard InChI is InChI=1S/C20H21FN2O3S/c21-16-8-3-4-10-19(16)27(25,26)23-13-5-9-18(23)20(24)22-17-12-11-14-6-1-2-7-15(14)17/h1-4,6-8,10,17-18H,5,9,11-13H2,(H,22,24)/t17?,18-/m0/s1. The SMILES string of the molecule is O=C(NC1CCc2ccccc21)[C@@H]1CCCN1S(=O)(=O)c1ccccc1F. The van der Waals surface area contributed by atoms with Crippen molar-refractivity contribution >= 4 is 15.9 Å². The molecule has 1 unspecified atom stereocenters. The molecule has 1 saturated heterocycles. The molecule has 7 heteroatoms. The van der Waals surface area contributed by atoms with Crippen LogP contribution in [0.15, 0.2) is 53.4 Å². The molecule has 1 heterocycles. The first-order valence-corrected chi connectivity index (χ1v) is 10.6. The Balaban J connectivity index is 1.55. The molecule has 2 aromatic carbocycles. The van der Waals surface area contributed by atoms with Crippen LogP contribution in [-0.2, 0) is 21.2 Å². The average molecular weight is 388 g/mol. The molecule has 0 radical (unpaired) electrons. The van der Waals surface area contributed by atoms with E-state index in [-0.39, 0.29) is 23.4 Å². The van der Waals surface area contributed by atoms with Crippen molar-refractivity contribution in [3.63, 3.8) is 0 Å². The van der Waals surface area contributed by atoms with Gasteiger partial charge in [0.2, 0.25) is 15.9 Å². The van der Waals surface area contributed by atoms with Crippen LogP contribution in [0.4, 0.5) is 4.39 Å². The second kappa shape index (κ2) is 7.05. The molecule has 0 spiro atoms. The van der Waals surface area contributed by atoms with Crippen LogP contribution in [0.25, 0.3) is 0 Å². The zero-order valence-electron chi connectivity index (χ0n) is 14.8. The van der Waals surface area contributed by atoms with Crippen molar-refractivity contribution in [1.82, 2.24) is 9.62 Å². The predicted octanol–water partition coefficient (Wildman–Crippen LogP) is 2.78. The maximum Gasteiger partial charge on any atom is 0.246 e. The van der Waals surface area contributed by atoms with Crippen LogP contribution in [0.5, 0.6) is 0 Å². The number of amides is 1. The molecule has 4 rings (SSSR count). The number of nitrogens with zero attached hydrogens (tertiary/aromatic N) is 1. The normalized spacial score (nSPS) is 22.6. The van der Waals surface area contributed by atoms with Gasteiger partial charge in [0.1, 0.15) is 16.8 Å². The van der Waals surface area contributed by atoms with Gasteiger partial charge in [0.25, 0.3) is 0 Å². The zero-order chi connectivity index (χ0) is 19.0. The predicted molar refractivity (Wildman–Crippen MR) is 99.0 cm³/mol. The summed E-state index contributed by atoms with van der Waals surface area (Å²) >= 11 is 0. The van der Waals surface area contributed by atoms with E-state index in [0.717, 1.165) is 28.8 Å². The highest BCUT2D eigenvalue weighted by atomic mass is 32.2. The molecule has 27 heavy (non-hydrogen) atoms. The number of carbonyl (C=O) groups is 1. The van der Waals surface area contributed by atoms with Crippen molar-refractivity contribution in [3.05, 3.63) is 65.5 Å². The van der Waals surface area contributed by atoms with Crippen LogP contribution in [0.2, 0.25) is 0 Å². The van der Waals surface area contributed by atoms with Crippen LogP contribution in [0, 0.1) is 5.82 Å². The summed E-state index contributed by atoms with van der Waals surface area (Å²) in [6, 6.07) is 12.3. The third kappa shape index (κ3) is 3.26. The fourth-order valence-corrected chi connectivity index (χ4v) is 5.77. The summed E-state index contributed by atoms with van der Waals surface area (Å²) in [5.74, 6) is -1.11. The Morgan fingerprint density at radius 2 is 1.81 bits per heavy atom. The number of fused-ring (bicyclic) bond motifs is 1. The monoisotopic (exact) mass is 388 g/mol. The Morgan fingerprint density at radius 1 is 1.07 bits per heavy atom. The van der Waals surface area contributed by atoms with Gasteiger partial charge in [0.05, 0.1) is 6.04 Å². The van der Waals surface area contributed by atoms with E-state index in [1.807, 2.05) is 24.3 Å². The molecule has 0 saturated carbocycles. The first-order chi connectivity index (χ1) is 13.0.